The number of halogens is 1. The first kappa shape index (κ1) is 11.2. The van der Waals surface area contributed by atoms with E-state index in [9.17, 15) is 5.11 Å². The lowest BCUT2D eigenvalue weighted by Crippen LogP contribution is -2.35. The van der Waals surface area contributed by atoms with Crippen molar-refractivity contribution in [3.05, 3.63) is 20.8 Å². The highest BCUT2D eigenvalue weighted by atomic mass is 79.9. The maximum absolute atomic E-state index is 10.2. The van der Waals surface area contributed by atoms with Crippen LogP contribution in [0.25, 0.3) is 0 Å². The fourth-order valence-corrected chi connectivity index (χ4v) is 2.98. The molecular formula is C9H13BrO2S. The molecule has 0 radical (unpaired) electrons. The largest absolute Gasteiger partial charge is 0.382 e. The summed E-state index contributed by atoms with van der Waals surface area (Å²) in [4.78, 5) is 0.904. The summed E-state index contributed by atoms with van der Waals surface area (Å²) in [5.74, 6) is 0. The van der Waals surface area contributed by atoms with E-state index in [4.69, 9.17) is 4.74 Å². The Morgan fingerprint density at radius 2 is 2.31 bits per heavy atom. The second-order valence-electron chi connectivity index (χ2n) is 3.12. The van der Waals surface area contributed by atoms with Gasteiger partial charge >= 0.3 is 0 Å². The highest BCUT2D eigenvalue weighted by Crippen LogP contribution is 2.36. The van der Waals surface area contributed by atoms with Crippen molar-refractivity contribution in [2.24, 2.45) is 0 Å². The van der Waals surface area contributed by atoms with Gasteiger partial charge in [-0.1, -0.05) is 0 Å². The number of thiophene rings is 1. The van der Waals surface area contributed by atoms with Crippen LogP contribution in [-0.4, -0.2) is 18.3 Å². The van der Waals surface area contributed by atoms with Gasteiger partial charge < -0.3 is 9.84 Å². The van der Waals surface area contributed by atoms with E-state index in [-0.39, 0.29) is 6.10 Å². The molecular weight excluding hydrogens is 252 g/mol. The Morgan fingerprint density at radius 3 is 2.69 bits per heavy atom. The summed E-state index contributed by atoms with van der Waals surface area (Å²) < 4.78 is 6.07. The van der Waals surface area contributed by atoms with Crippen molar-refractivity contribution >= 4 is 27.3 Å². The zero-order chi connectivity index (χ0) is 10.1. The van der Waals surface area contributed by atoms with Crippen molar-refractivity contribution in [2.45, 2.75) is 25.6 Å². The smallest absolute Gasteiger partial charge is 0.123 e. The fourth-order valence-electron chi connectivity index (χ4n) is 1.07. The minimum atomic E-state index is -0.929. The van der Waals surface area contributed by atoms with Gasteiger partial charge in [-0.2, -0.15) is 0 Å². The van der Waals surface area contributed by atoms with Crippen molar-refractivity contribution in [1.82, 2.24) is 0 Å². The molecule has 1 heterocycles. The SMILES string of the molecule is COC(C)C(C)(O)c1sccc1Br. The Hall–Kier alpha value is 0.100. The van der Waals surface area contributed by atoms with Crippen LogP contribution >= 0.6 is 27.3 Å². The summed E-state index contributed by atoms with van der Waals surface area (Å²) in [5, 5.41) is 12.1. The molecule has 0 saturated carbocycles. The molecule has 1 rings (SSSR count). The molecule has 1 N–H and O–H groups in total. The van der Waals surface area contributed by atoms with E-state index < -0.39 is 5.60 Å². The summed E-state index contributed by atoms with van der Waals surface area (Å²) in [6.45, 7) is 3.62. The van der Waals surface area contributed by atoms with E-state index in [0.29, 0.717) is 0 Å². The third-order valence-corrected chi connectivity index (χ3v) is 4.29. The van der Waals surface area contributed by atoms with Crippen LogP contribution in [0.3, 0.4) is 0 Å². The second kappa shape index (κ2) is 4.09. The number of aliphatic hydroxyl groups is 1. The first-order chi connectivity index (χ1) is 6.00. The highest BCUT2D eigenvalue weighted by molar-refractivity contribution is 9.10. The molecule has 0 aliphatic heterocycles. The van der Waals surface area contributed by atoms with Crippen LogP contribution in [0.15, 0.2) is 15.9 Å². The van der Waals surface area contributed by atoms with Gasteiger partial charge in [-0.3, -0.25) is 0 Å². The third kappa shape index (κ3) is 2.13. The first-order valence-corrected chi connectivity index (χ1v) is 5.66. The van der Waals surface area contributed by atoms with E-state index in [1.807, 2.05) is 18.4 Å². The number of hydrogen-bond donors (Lipinski definition) is 1. The molecule has 2 nitrogen and oxygen atoms in total. The molecule has 4 heteroatoms. The van der Waals surface area contributed by atoms with Gasteiger partial charge in [0.15, 0.2) is 0 Å². The quantitative estimate of drug-likeness (QED) is 0.910. The zero-order valence-corrected chi connectivity index (χ0v) is 10.3. The Morgan fingerprint density at radius 1 is 1.69 bits per heavy atom. The molecule has 0 aliphatic rings. The van der Waals surface area contributed by atoms with Gasteiger partial charge in [0.1, 0.15) is 5.60 Å². The van der Waals surface area contributed by atoms with E-state index in [0.717, 1.165) is 9.35 Å². The lowest BCUT2D eigenvalue weighted by molar-refractivity contribution is -0.0752. The Labute approximate surface area is 90.7 Å². The standard InChI is InChI=1S/C9H13BrO2S/c1-6(12-3)9(2,11)8-7(10)4-5-13-8/h4-6,11H,1-3H3. The molecule has 2 unspecified atom stereocenters. The molecule has 0 aromatic carbocycles. The molecule has 0 aliphatic carbocycles. The Bertz CT molecular complexity index is 283. The van der Waals surface area contributed by atoms with Crippen molar-refractivity contribution in [1.29, 1.82) is 0 Å². The van der Waals surface area contributed by atoms with Crippen LogP contribution in [0.4, 0.5) is 0 Å². The van der Waals surface area contributed by atoms with Crippen LogP contribution < -0.4 is 0 Å². The topological polar surface area (TPSA) is 29.5 Å². The molecule has 0 spiro atoms. The summed E-state index contributed by atoms with van der Waals surface area (Å²) in [5.41, 5.74) is -0.929. The summed E-state index contributed by atoms with van der Waals surface area (Å²) in [7, 11) is 1.60. The van der Waals surface area contributed by atoms with Gasteiger partial charge in [-0.25, -0.2) is 0 Å². The summed E-state index contributed by atoms with van der Waals surface area (Å²) >= 11 is 4.92. The maximum atomic E-state index is 10.2. The number of ether oxygens (including phenoxy) is 1. The predicted molar refractivity (Wildman–Crippen MR) is 58.1 cm³/mol. The lowest BCUT2D eigenvalue weighted by Gasteiger charge is -2.28. The lowest BCUT2D eigenvalue weighted by atomic mass is 9.98. The minimum Gasteiger partial charge on any atom is -0.382 e. The normalized spacial score (nSPS) is 18.2. The molecule has 0 fully saturated rings. The molecule has 0 bridgehead atoms. The van der Waals surface area contributed by atoms with Gasteiger partial charge in [0.2, 0.25) is 0 Å². The Kier molecular flexibility index (Phi) is 3.51. The van der Waals surface area contributed by atoms with Crippen LogP contribution in [0.5, 0.6) is 0 Å². The monoisotopic (exact) mass is 264 g/mol. The molecule has 1 aromatic rings. The second-order valence-corrected chi connectivity index (χ2v) is 4.89. The van der Waals surface area contributed by atoms with E-state index in [2.05, 4.69) is 15.9 Å². The van der Waals surface area contributed by atoms with E-state index in [1.54, 1.807) is 14.0 Å². The van der Waals surface area contributed by atoms with Gasteiger partial charge in [0.05, 0.1) is 11.0 Å². The molecule has 1 aromatic heterocycles. The molecule has 74 valence electrons. The molecule has 2 atom stereocenters. The van der Waals surface area contributed by atoms with Crippen LogP contribution in [0.2, 0.25) is 0 Å². The summed E-state index contributed by atoms with van der Waals surface area (Å²) in [6.07, 6.45) is -0.220. The maximum Gasteiger partial charge on any atom is 0.123 e. The van der Waals surface area contributed by atoms with Gasteiger partial charge in [-0.05, 0) is 41.2 Å². The van der Waals surface area contributed by atoms with E-state index in [1.165, 1.54) is 11.3 Å². The van der Waals surface area contributed by atoms with Crippen molar-refractivity contribution in [3.63, 3.8) is 0 Å². The number of rotatable bonds is 3. The Balaban J connectivity index is 2.99. The van der Waals surface area contributed by atoms with E-state index >= 15 is 0 Å². The van der Waals surface area contributed by atoms with Crippen LogP contribution in [-0.2, 0) is 10.3 Å². The van der Waals surface area contributed by atoms with Crippen molar-refractivity contribution < 1.29 is 9.84 Å². The molecule has 0 saturated heterocycles. The van der Waals surface area contributed by atoms with Gasteiger partial charge in [0, 0.05) is 11.6 Å². The predicted octanol–water partition coefficient (Wildman–Crippen LogP) is 2.75. The minimum absolute atomic E-state index is 0.220. The third-order valence-electron chi connectivity index (χ3n) is 2.22. The number of methoxy groups -OCH3 is 1. The zero-order valence-electron chi connectivity index (χ0n) is 7.87. The first-order valence-electron chi connectivity index (χ1n) is 3.98. The molecule has 13 heavy (non-hydrogen) atoms. The van der Waals surface area contributed by atoms with Crippen LogP contribution in [0, 0.1) is 0 Å². The number of hydrogen-bond acceptors (Lipinski definition) is 3. The average molecular weight is 265 g/mol. The summed E-state index contributed by atoms with van der Waals surface area (Å²) in [6, 6.07) is 1.93. The van der Waals surface area contributed by atoms with Gasteiger partial charge in [0.25, 0.3) is 0 Å². The molecule has 0 amide bonds. The fraction of sp³-hybridized carbons (Fsp3) is 0.556. The van der Waals surface area contributed by atoms with Gasteiger partial charge in [-0.15, -0.1) is 11.3 Å². The average Bonchev–Trinajstić information content (AvgIpc) is 2.50. The van der Waals surface area contributed by atoms with Crippen LogP contribution in [0.1, 0.15) is 18.7 Å². The van der Waals surface area contributed by atoms with Crippen molar-refractivity contribution in [3.8, 4) is 0 Å². The highest BCUT2D eigenvalue weighted by Gasteiger charge is 2.33. The van der Waals surface area contributed by atoms with Crippen molar-refractivity contribution in [2.75, 3.05) is 7.11 Å².